The van der Waals surface area contributed by atoms with Crippen LogP contribution in [-0.4, -0.2) is 28.3 Å². The minimum atomic E-state index is -1.09. The first-order chi connectivity index (χ1) is 15.0. The second-order valence-corrected chi connectivity index (χ2v) is 7.44. The van der Waals surface area contributed by atoms with Crippen LogP contribution >= 0.6 is 0 Å². The SMILES string of the molecule is CN(C(=O)c1cc2ccccc2n1Cc1ccccc1)C(C(N)=O)c1cccc(F)c1. The highest BCUT2D eigenvalue weighted by atomic mass is 19.1. The summed E-state index contributed by atoms with van der Waals surface area (Å²) in [4.78, 5) is 27.0. The van der Waals surface area contributed by atoms with Crippen molar-refractivity contribution in [1.82, 2.24) is 9.47 Å². The summed E-state index contributed by atoms with van der Waals surface area (Å²) in [7, 11) is 1.51. The normalized spacial score (nSPS) is 11.9. The van der Waals surface area contributed by atoms with Crippen molar-refractivity contribution in [3.8, 4) is 0 Å². The van der Waals surface area contributed by atoms with Gasteiger partial charge in [-0.3, -0.25) is 9.59 Å². The highest BCUT2D eigenvalue weighted by Gasteiger charge is 2.30. The molecule has 0 bridgehead atoms. The molecule has 4 rings (SSSR count). The van der Waals surface area contributed by atoms with Gasteiger partial charge in [0.25, 0.3) is 5.91 Å². The molecule has 1 aromatic heterocycles. The molecule has 31 heavy (non-hydrogen) atoms. The Morgan fingerprint density at radius 2 is 1.68 bits per heavy atom. The van der Waals surface area contributed by atoms with Crippen LogP contribution in [0.2, 0.25) is 0 Å². The summed E-state index contributed by atoms with van der Waals surface area (Å²) >= 11 is 0. The van der Waals surface area contributed by atoms with Crippen LogP contribution < -0.4 is 5.73 Å². The van der Waals surface area contributed by atoms with Gasteiger partial charge in [0.15, 0.2) is 0 Å². The number of carbonyl (C=O) groups is 2. The van der Waals surface area contributed by atoms with Gasteiger partial charge < -0.3 is 15.2 Å². The molecule has 2 amide bonds. The van der Waals surface area contributed by atoms with E-state index in [0.717, 1.165) is 16.5 Å². The average molecular weight is 415 g/mol. The van der Waals surface area contributed by atoms with Gasteiger partial charge in [0.1, 0.15) is 17.6 Å². The molecule has 1 atom stereocenters. The molecule has 4 aromatic rings. The van der Waals surface area contributed by atoms with Gasteiger partial charge in [-0.2, -0.15) is 0 Å². The fourth-order valence-electron chi connectivity index (χ4n) is 3.88. The molecule has 5 nitrogen and oxygen atoms in total. The molecule has 0 spiro atoms. The van der Waals surface area contributed by atoms with Gasteiger partial charge in [0.05, 0.1) is 0 Å². The Morgan fingerprint density at radius 1 is 0.968 bits per heavy atom. The molecule has 6 heteroatoms. The standard InChI is InChI=1S/C25H22FN3O2/c1-28(23(24(27)30)19-11-7-12-20(26)14-19)25(31)22-15-18-10-5-6-13-21(18)29(22)16-17-8-3-2-4-9-17/h2-15,23H,16H2,1H3,(H2,27,30). The number of amides is 2. The molecular weight excluding hydrogens is 393 g/mol. The predicted octanol–water partition coefficient (Wildman–Crippen LogP) is 4.13. The number of likely N-dealkylation sites (N-methyl/N-ethyl adjacent to an activating group) is 1. The van der Waals surface area contributed by atoms with Crippen LogP contribution in [0.5, 0.6) is 0 Å². The minimum Gasteiger partial charge on any atom is -0.368 e. The van der Waals surface area contributed by atoms with Crippen LogP contribution in [0, 0.1) is 5.82 Å². The van der Waals surface area contributed by atoms with Crippen LogP contribution in [0.4, 0.5) is 4.39 Å². The first kappa shape index (κ1) is 20.3. The van der Waals surface area contributed by atoms with Gasteiger partial charge in [0.2, 0.25) is 5.91 Å². The molecule has 2 N–H and O–H groups in total. The molecule has 0 aliphatic carbocycles. The molecule has 0 aliphatic rings. The zero-order valence-electron chi connectivity index (χ0n) is 17.0. The first-order valence-electron chi connectivity index (χ1n) is 9.90. The third kappa shape index (κ3) is 4.05. The van der Waals surface area contributed by atoms with Crippen LogP contribution in [0.15, 0.2) is 84.9 Å². The van der Waals surface area contributed by atoms with Crippen molar-refractivity contribution in [3.63, 3.8) is 0 Å². The van der Waals surface area contributed by atoms with Gasteiger partial charge >= 0.3 is 0 Å². The van der Waals surface area contributed by atoms with E-state index < -0.39 is 17.8 Å². The largest absolute Gasteiger partial charge is 0.368 e. The molecule has 0 radical (unpaired) electrons. The van der Waals surface area contributed by atoms with Gasteiger partial charge in [-0.25, -0.2) is 4.39 Å². The molecular formula is C25H22FN3O2. The van der Waals surface area contributed by atoms with Crippen molar-refractivity contribution < 1.29 is 14.0 Å². The summed E-state index contributed by atoms with van der Waals surface area (Å²) in [5.41, 5.74) is 8.31. The number of benzene rings is 3. The van der Waals surface area contributed by atoms with Crippen LogP contribution in [-0.2, 0) is 11.3 Å². The second-order valence-electron chi connectivity index (χ2n) is 7.44. The van der Waals surface area contributed by atoms with Crippen molar-refractivity contribution in [2.45, 2.75) is 12.6 Å². The van der Waals surface area contributed by atoms with E-state index in [1.165, 1.54) is 30.1 Å². The van der Waals surface area contributed by atoms with E-state index in [-0.39, 0.29) is 5.91 Å². The van der Waals surface area contributed by atoms with E-state index in [4.69, 9.17) is 5.73 Å². The van der Waals surface area contributed by atoms with Gasteiger partial charge in [-0.15, -0.1) is 0 Å². The number of carbonyl (C=O) groups excluding carboxylic acids is 2. The van der Waals surface area contributed by atoms with E-state index in [9.17, 15) is 14.0 Å². The second kappa shape index (κ2) is 8.44. The predicted molar refractivity (Wildman–Crippen MR) is 118 cm³/mol. The number of para-hydroxylation sites is 1. The zero-order valence-corrected chi connectivity index (χ0v) is 17.0. The number of primary amides is 1. The molecule has 0 saturated heterocycles. The van der Waals surface area contributed by atoms with E-state index in [0.29, 0.717) is 17.8 Å². The molecule has 0 fully saturated rings. The lowest BCUT2D eigenvalue weighted by molar-refractivity contribution is -0.122. The quantitative estimate of drug-likeness (QED) is 0.515. The molecule has 156 valence electrons. The van der Waals surface area contributed by atoms with Gasteiger partial charge in [-0.05, 0) is 35.4 Å². The lowest BCUT2D eigenvalue weighted by Crippen LogP contribution is -2.40. The van der Waals surface area contributed by atoms with Crippen molar-refractivity contribution in [2.24, 2.45) is 5.73 Å². The molecule has 1 unspecified atom stereocenters. The Morgan fingerprint density at radius 3 is 2.39 bits per heavy atom. The number of aromatic nitrogens is 1. The van der Waals surface area contributed by atoms with E-state index in [2.05, 4.69) is 0 Å². The van der Waals surface area contributed by atoms with Gasteiger partial charge in [0, 0.05) is 24.5 Å². The topological polar surface area (TPSA) is 68.3 Å². The van der Waals surface area contributed by atoms with Crippen molar-refractivity contribution in [3.05, 3.63) is 108 Å². The monoisotopic (exact) mass is 415 g/mol. The van der Waals surface area contributed by atoms with E-state index >= 15 is 0 Å². The number of hydrogen-bond donors (Lipinski definition) is 1. The summed E-state index contributed by atoms with van der Waals surface area (Å²) in [6.07, 6.45) is 0. The third-order valence-corrected chi connectivity index (χ3v) is 5.35. The molecule has 0 aliphatic heterocycles. The summed E-state index contributed by atoms with van der Waals surface area (Å²) in [5.74, 6) is -1.60. The van der Waals surface area contributed by atoms with Crippen molar-refractivity contribution >= 4 is 22.7 Å². The average Bonchev–Trinajstić information content (AvgIpc) is 3.12. The highest BCUT2D eigenvalue weighted by molar-refractivity contribution is 6.00. The number of halogens is 1. The summed E-state index contributed by atoms with van der Waals surface area (Å²) < 4.78 is 15.7. The third-order valence-electron chi connectivity index (χ3n) is 5.35. The van der Waals surface area contributed by atoms with Crippen LogP contribution in [0.25, 0.3) is 10.9 Å². The fraction of sp³-hybridized carbons (Fsp3) is 0.120. The lowest BCUT2D eigenvalue weighted by atomic mass is 10.0. The maximum atomic E-state index is 13.8. The van der Waals surface area contributed by atoms with Crippen LogP contribution in [0.3, 0.4) is 0 Å². The Labute approximate surface area is 179 Å². The smallest absolute Gasteiger partial charge is 0.271 e. The Bertz CT molecular complexity index is 1250. The number of rotatable bonds is 6. The van der Waals surface area contributed by atoms with Crippen molar-refractivity contribution in [2.75, 3.05) is 7.05 Å². The van der Waals surface area contributed by atoms with Crippen LogP contribution in [0.1, 0.15) is 27.7 Å². The molecule has 1 heterocycles. The number of nitrogens with zero attached hydrogens (tertiary/aromatic N) is 2. The Kier molecular flexibility index (Phi) is 5.54. The number of fused-ring (bicyclic) bond motifs is 1. The fourth-order valence-corrected chi connectivity index (χ4v) is 3.88. The minimum absolute atomic E-state index is 0.328. The maximum absolute atomic E-state index is 13.8. The highest BCUT2D eigenvalue weighted by Crippen LogP contribution is 2.26. The first-order valence-corrected chi connectivity index (χ1v) is 9.90. The van der Waals surface area contributed by atoms with Crippen molar-refractivity contribution in [1.29, 1.82) is 0 Å². The Balaban J connectivity index is 1.77. The summed E-state index contributed by atoms with van der Waals surface area (Å²) in [6, 6.07) is 23.8. The molecule has 3 aromatic carbocycles. The van der Waals surface area contributed by atoms with Gasteiger partial charge in [-0.1, -0.05) is 60.7 Å². The summed E-state index contributed by atoms with van der Waals surface area (Å²) in [5, 5.41) is 0.913. The van der Waals surface area contributed by atoms with E-state index in [1.54, 1.807) is 12.1 Å². The lowest BCUT2D eigenvalue weighted by Gasteiger charge is -2.26. The Hall–Kier alpha value is -3.93. The summed E-state index contributed by atoms with van der Waals surface area (Å²) in [6.45, 7) is 0.491. The molecule has 0 saturated carbocycles. The number of hydrogen-bond acceptors (Lipinski definition) is 2. The maximum Gasteiger partial charge on any atom is 0.271 e. The van der Waals surface area contributed by atoms with E-state index in [1.807, 2.05) is 59.2 Å². The zero-order chi connectivity index (χ0) is 22.0. The number of nitrogens with two attached hydrogens (primary N) is 1.